The van der Waals surface area contributed by atoms with Gasteiger partial charge in [-0.1, -0.05) is 74.5 Å². The van der Waals surface area contributed by atoms with Crippen molar-refractivity contribution >= 4 is 30.8 Å². The maximum Gasteiger partial charge on any atom is 0.317 e. The number of likely N-dealkylation sites (N-methyl/N-ethyl adjacent to an activating group) is 1. The highest BCUT2D eigenvalue weighted by atomic mass is 35.5. The molecule has 138 valence electrons. The van der Waals surface area contributed by atoms with Crippen LogP contribution < -0.4 is 0 Å². The molecule has 0 aliphatic rings. The first-order valence-electron chi connectivity index (χ1n) is 8.25. The minimum absolute atomic E-state index is 0. The topological polar surface area (TPSA) is 29.5 Å². The van der Waals surface area contributed by atoms with Gasteiger partial charge in [-0.25, -0.2) is 0 Å². The number of halogens is 2. The molecule has 0 bridgehead atoms. The molecular weight excluding hydrogens is 357 g/mol. The van der Waals surface area contributed by atoms with E-state index in [-0.39, 0.29) is 36.7 Å². The third kappa shape index (κ3) is 7.07. The van der Waals surface area contributed by atoms with Crippen molar-refractivity contribution in [2.24, 2.45) is 0 Å². The highest BCUT2D eigenvalue weighted by Crippen LogP contribution is 2.25. The van der Waals surface area contributed by atoms with Crippen LogP contribution in [0.15, 0.2) is 60.7 Å². The number of nitrogens with zero attached hydrogens (tertiary/aromatic N) is 1. The molecule has 0 aliphatic heterocycles. The molecule has 2 aromatic rings. The summed E-state index contributed by atoms with van der Waals surface area (Å²) in [6.07, 6.45) is 0. The Hall–Kier alpha value is -1.55. The number of hydrogen-bond donors (Lipinski definition) is 0. The maximum absolute atomic E-state index is 12.7. The fourth-order valence-corrected chi connectivity index (χ4v) is 2.65. The number of carbonyl (C=O) groups excluding carboxylic acids is 1. The minimum atomic E-state index is -0.367. The summed E-state index contributed by atoms with van der Waals surface area (Å²) < 4.78 is 5.57. The van der Waals surface area contributed by atoms with E-state index in [1.54, 1.807) is 0 Å². The lowest BCUT2D eigenvalue weighted by molar-refractivity contribution is -0.144. The van der Waals surface area contributed by atoms with Crippen molar-refractivity contribution in [3.8, 4) is 0 Å². The summed E-state index contributed by atoms with van der Waals surface area (Å²) in [5.74, 6) is -0.552. The van der Waals surface area contributed by atoms with E-state index >= 15 is 0 Å². The molecule has 0 atom stereocenters. The highest BCUT2D eigenvalue weighted by Gasteiger charge is 2.24. The Kier molecular flexibility index (Phi) is 12.0. The smallest absolute Gasteiger partial charge is 0.317 e. The molecule has 0 saturated heterocycles. The Balaban J connectivity index is 0.00000288. The molecule has 0 aliphatic carbocycles. The Morgan fingerprint density at radius 1 is 0.880 bits per heavy atom. The number of hydrogen-bond acceptors (Lipinski definition) is 3. The molecule has 0 saturated carbocycles. The minimum Gasteiger partial charge on any atom is -0.464 e. The van der Waals surface area contributed by atoms with E-state index in [0.717, 1.165) is 30.8 Å². The van der Waals surface area contributed by atoms with Crippen molar-refractivity contribution in [2.75, 3.05) is 26.2 Å². The molecule has 5 heteroatoms. The van der Waals surface area contributed by atoms with Crippen LogP contribution in [-0.4, -0.2) is 37.1 Å². The van der Waals surface area contributed by atoms with Crippen LogP contribution >= 0.6 is 24.8 Å². The summed E-state index contributed by atoms with van der Waals surface area (Å²) in [6, 6.07) is 19.6. The molecule has 0 heterocycles. The van der Waals surface area contributed by atoms with Crippen LogP contribution in [0.2, 0.25) is 0 Å². The maximum atomic E-state index is 12.7. The fourth-order valence-electron chi connectivity index (χ4n) is 2.65. The van der Waals surface area contributed by atoms with Gasteiger partial charge in [-0.15, -0.1) is 24.8 Å². The first-order chi connectivity index (χ1) is 11.3. The molecule has 0 spiro atoms. The Morgan fingerprint density at radius 3 is 1.72 bits per heavy atom. The number of rotatable bonds is 8. The molecule has 0 amide bonds. The number of ether oxygens (including phenoxy) is 1. The van der Waals surface area contributed by atoms with Crippen LogP contribution in [0.1, 0.15) is 30.9 Å². The second kappa shape index (κ2) is 12.8. The molecule has 25 heavy (non-hydrogen) atoms. The molecule has 0 N–H and O–H groups in total. The summed E-state index contributed by atoms with van der Waals surface area (Å²) in [5, 5.41) is 0. The average Bonchev–Trinajstić information content (AvgIpc) is 2.61. The van der Waals surface area contributed by atoms with Gasteiger partial charge in [0.2, 0.25) is 0 Å². The molecule has 3 nitrogen and oxygen atoms in total. The van der Waals surface area contributed by atoms with Crippen molar-refractivity contribution in [3.05, 3.63) is 71.8 Å². The summed E-state index contributed by atoms with van der Waals surface area (Å²) >= 11 is 0. The fraction of sp³-hybridized carbons (Fsp3) is 0.350. The van der Waals surface area contributed by atoms with E-state index in [4.69, 9.17) is 4.74 Å². The van der Waals surface area contributed by atoms with Gasteiger partial charge < -0.3 is 9.64 Å². The van der Waals surface area contributed by atoms with Crippen molar-refractivity contribution < 1.29 is 9.53 Å². The van der Waals surface area contributed by atoms with E-state index in [9.17, 15) is 4.79 Å². The molecule has 0 radical (unpaired) electrons. The molecule has 2 aromatic carbocycles. The van der Waals surface area contributed by atoms with Crippen LogP contribution in [0, 0.1) is 0 Å². The SMILES string of the molecule is CCN(CC)CCOC(=O)C(c1ccccc1)c1ccccc1.Cl.Cl. The molecule has 2 rings (SSSR count). The average molecular weight is 384 g/mol. The Labute approximate surface area is 163 Å². The molecule has 0 unspecified atom stereocenters. The molecule has 0 aromatic heterocycles. The predicted molar refractivity (Wildman–Crippen MR) is 108 cm³/mol. The summed E-state index contributed by atoms with van der Waals surface area (Å²) in [7, 11) is 0. The normalized spacial score (nSPS) is 10.1. The first-order valence-corrected chi connectivity index (χ1v) is 8.25. The van der Waals surface area contributed by atoms with Gasteiger partial charge in [0.15, 0.2) is 0 Å². The van der Waals surface area contributed by atoms with E-state index in [2.05, 4.69) is 18.7 Å². The summed E-state index contributed by atoms with van der Waals surface area (Å²) in [4.78, 5) is 14.9. The lowest BCUT2D eigenvalue weighted by Crippen LogP contribution is -2.29. The second-order valence-corrected chi connectivity index (χ2v) is 5.45. The molecule has 0 fully saturated rings. The van der Waals surface area contributed by atoms with Gasteiger partial charge in [0.25, 0.3) is 0 Å². The quantitative estimate of drug-likeness (QED) is 0.626. The van der Waals surface area contributed by atoms with E-state index in [1.165, 1.54) is 0 Å². The van der Waals surface area contributed by atoms with Crippen LogP contribution in [0.3, 0.4) is 0 Å². The van der Waals surface area contributed by atoms with E-state index < -0.39 is 0 Å². The summed E-state index contributed by atoms with van der Waals surface area (Å²) in [6.45, 7) is 7.36. The van der Waals surface area contributed by atoms with E-state index in [0.29, 0.717) is 6.61 Å². The van der Waals surface area contributed by atoms with Gasteiger partial charge in [-0.2, -0.15) is 0 Å². The zero-order valence-electron chi connectivity index (χ0n) is 14.8. The third-order valence-electron chi connectivity index (χ3n) is 4.05. The van der Waals surface area contributed by atoms with Crippen LogP contribution in [0.25, 0.3) is 0 Å². The van der Waals surface area contributed by atoms with Crippen LogP contribution in [0.5, 0.6) is 0 Å². The lowest BCUT2D eigenvalue weighted by atomic mass is 9.91. The number of benzene rings is 2. The predicted octanol–water partition coefficient (Wildman–Crippen LogP) is 4.55. The lowest BCUT2D eigenvalue weighted by Gasteiger charge is -2.20. The zero-order valence-corrected chi connectivity index (χ0v) is 16.4. The van der Waals surface area contributed by atoms with Gasteiger partial charge in [0, 0.05) is 6.54 Å². The zero-order chi connectivity index (χ0) is 16.5. The summed E-state index contributed by atoms with van der Waals surface area (Å²) in [5.41, 5.74) is 1.93. The second-order valence-electron chi connectivity index (χ2n) is 5.45. The van der Waals surface area contributed by atoms with Gasteiger partial charge in [-0.3, -0.25) is 4.79 Å². The monoisotopic (exact) mass is 383 g/mol. The molecular formula is C20H27Cl2NO2. The Bertz CT molecular complexity index is 550. The van der Waals surface area contributed by atoms with Gasteiger partial charge in [0.1, 0.15) is 12.5 Å². The van der Waals surface area contributed by atoms with Crippen molar-refractivity contribution in [2.45, 2.75) is 19.8 Å². The first kappa shape index (κ1) is 23.4. The largest absolute Gasteiger partial charge is 0.464 e. The number of carbonyl (C=O) groups is 1. The number of esters is 1. The van der Waals surface area contributed by atoms with Gasteiger partial charge in [-0.05, 0) is 24.2 Å². The van der Waals surface area contributed by atoms with Crippen molar-refractivity contribution in [1.82, 2.24) is 4.90 Å². The van der Waals surface area contributed by atoms with Gasteiger partial charge in [0.05, 0.1) is 0 Å². The van der Waals surface area contributed by atoms with Gasteiger partial charge >= 0.3 is 5.97 Å². The highest BCUT2D eigenvalue weighted by molar-refractivity contribution is 5.85. The standard InChI is InChI=1S/C20H25NO2.2ClH/c1-3-21(4-2)15-16-23-20(22)19(17-11-7-5-8-12-17)18-13-9-6-10-14-18;;/h5-14,19H,3-4,15-16H2,1-2H3;2*1H. The van der Waals surface area contributed by atoms with E-state index in [1.807, 2.05) is 60.7 Å². The van der Waals surface area contributed by atoms with Crippen LogP contribution in [-0.2, 0) is 9.53 Å². The van der Waals surface area contributed by atoms with Crippen molar-refractivity contribution in [3.63, 3.8) is 0 Å². The van der Waals surface area contributed by atoms with Crippen LogP contribution in [0.4, 0.5) is 0 Å². The third-order valence-corrected chi connectivity index (χ3v) is 4.05. The van der Waals surface area contributed by atoms with Crippen molar-refractivity contribution in [1.29, 1.82) is 0 Å². The Morgan fingerprint density at radius 2 is 1.32 bits per heavy atom.